The van der Waals surface area contributed by atoms with Gasteiger partial charge in [-0.2, -0.15) is 0 Å². The zero-order valence-corrected chi connectivity index (χ0v) is 10.6. The van der Waals surface area contributed by atoms with Crippen molar-refractivity contribution in [3.05, 3.63) is 35.4 Å². The summed E-state index contributed by atoms with van der Waals surface area (Å²) < 4.78 is 11.1. The number of ether oxygens (including phenoxy) is 2. The van der Waals surface area contributed by atoms with Crippen molar-refractivity contribution >= 4 is 5.97 Å². The Labute approximate surface area is 107 Å². The lowest BCUT2D eigenvalue weighted by atomic mass is 9.84. The first-order valence-corrected chi connectivity index (χ1v) is 6.61. The average molecular weight is 246 g/mol. The van der Waals surface area contributed by atoms with Crippen molar-refractivity contribution < 1.29 is 14.3 Å². The standard InChI is InChI=1S/C15H18O3/c1-17-14(16)12-6-2-3-7-13(12)15-9-4-5-11(18-15)8-10-15/h2-3,6-7,11H,4-5,8-10H2,1H3. The molecular formula is C15H18O3. The summed E-state index contributed by atoms with van der Waals surface area (Å²) in [7, 11) is 1.43. The van der Waals surface area contributed by atoms with Crippen LogP contribution in [0.1, 0.15) is 48.0 Å². The van der Waals surface area contributed by atoms with E-state index in [-0.39, 0.29) is 11.6 Å². The van der Waals surface area contributed by atoms with Crippen molar-refractivity contribution in [3.63, 3.8) is 0 Å². The molecule has 3 rings (SSSR count). The minimum Gasteiger partial charge on any atom is -0.465 e. The Morgan fingerprint density at radius 1 is 1.33 bits per heavy atom. The fraction of sp³-hybridized carbons (Fsp3) is 0.533. The smallest absolute Gasteiger partial charge is 0.338 e. The summed E-state index contributed by atoms with van der Waals surface area (Å²) in [5.74, 6) is -0.266. The molecule has 3 heteroatoms. The third-order valence-corrected chi connectivity index (χ3v) is 4.19. The Bertz CT molecular complexity index is 465. The summed E-state index contributed by atoms with van der Waals surface area (Å²) in [4.78, 5) is 11.9. The number of benzene rings is 1. The molecule has 0 spiro atoms. The topological polar surface area (TPSA) is 35.5 Å². The van der Waals surface area contributed by atoms with Crippen molar-refractivity contribution in [2.24, 2.45) is 0 Å². The quantitative estimate of drug-likeness (QED) is 0.752. The molecule has 2 aliphatic heterocycles. The van der Waals surface area contributed by atoms with E-state index in [1.807, 2.05) is 24.3 Å². The van der Waals surface area contributed by atoms with E-state index in [4.69, 9.17) is 9.47 Å². The number of esters is 1. The molecule has 3 nitrogen and oxygen atoms in total. The number of carbonyl (C=O) groups excluding carboxylic acids is 1. The van der Waals surface area contributed by atoms with E-state index in [0.717, 1.165) is 31.2 Å². The van der Waals surface area contributed by atoms with Gasteiger partial charge < -0.3 is 9.47 Å². The van der Waals surface area contributed by atoms with Gasteiger partial charge in [0.2, 0.25) is 0 Å². The Kier molecular flexibility index (Phi) is 2.86. The van der Waals surface area contributed by atoms with E-state index in [1.54, 1.807) is 0 Å². The fourth-order valence-electron chi connectivity index (χ4n) is 3.33. The average Bonchev–Trinajstić information content (AvgIpc) is 2.74. The third kappa shape index (κ3) is 1.74. The number of carbonyl (C=O) groups is 1. The minimum atomic E-state index is -0.266. The van der Waals surface area contributed by atoms with Crippen LogP contribution in [0.25, 0.3) is 0 Å². The van der Waals surface area contributed by atoms with Gasteiger partial charge in [0.15, 0.2) is 0 Å². The Hall–Kier alpha value is -1.35. The highest BCUT2D eigenvalue weighted by Crippen LogP contribution is 2.49. The molecule has 0 N–H and O–H groups in total. The summed E-state index contributed by atoms with van der Waals surface area (Å²) >= 11 is 0. The zero-order chi connectivity index (χ0) is 12.6. The fourth-order valence-corrected chi connectivity index (χ4v) is 3.33. The zero-order valence-electron chi connectivity index (χ0n) is 10.6. The van der Waals surface area contributed by atoms with Gasteiger partial charge in [-0.25, -0.2) is 4.79 Å². The van der Waals surface area contributed by atoms with E-state index >= 15 is 0 Å². The van der Waals surface area contributed by atoms with Crippen molar-refractivity contribution in [2.45, 2.75) is 43.8 Å². The second kappa shape index (κ2) is 4.39. The molecule has 2 atom stereocenters. The van der Waals surface area contributed by atoms with Crippen LogP contribution in [0.2, 0.25) is 0 Å². The maximum absolute atomic E-state index is 11.9. The number of hydrogen-bond acceptors (Lipinski definition) is 3. The number of rotatable bonds is 2. The number of hydrogen-bond donors (Lipinski definition) is 0. The van der Waals surface area contributed by atoms with E-state index in [1.165, 1.54) is 13.5 Å². The third-order valence-electron chi connectivity index (χ3n) is 4.19. The highest BCUT2D eigenvalue weighted by molar-refractivity contribution is 5.91. The lowest BCUT2D eigenvalue weighted by molar-refractivity contribution is -0.0820. The number of fused-ring (bicyclic) bond motifs is 2. The van der Waals surface area contributed by atoms with Crippen LogP contribution in [0.15, 0.2) is 24.3 Å². The van der Waals surface area contributed by atoms with E-state index in [9.17, 15) is 4.79 Å². The van der Waals surface area contributed by atoms with E-state index < -0.39 is 0 Å². The van der Waals surface area contributed by atoms with Crippen LogP contribution < -0.4 is 0 Å². The molecule has 18 heavy (non-hydrogen) atoms. The van der Waals surface area contributed by atoms with Gasteiger partial charge in [-0.05, 0) is 43.7 Å². The first kappa shape index (κ1) is 11.7. The van der Waals surface area contributed by atoms with Crippen LogP contribution in [0.3, 0.4) is 0 Å². The predicted octanol–water partition coefficient (Wildman–Crippen LogP) is 3.03. The molecule has 2 aliphatic rings. The summed E-state index contributed by atoms with van der Waals surface area (Å²) in [6.07, 6.45) is 5.85. The molecule has 2 unspecified atom stereocenters. The Morgan fingerprint density at radius 2 is 2.17 bits per heavy atom. The van der Waals surface area contributed by atoms with Gasteiger partial charge >= 0.3 is 5.97 Å². The van der Waals surface area contributed by atoms with Crippen LogP contribution in [0, 0.1) is 0 Å². The molecule has 2 fully saturated rings. The highest BCUT2D eigenvalue weighted by Gasteiger charge is 2.45. The maximum Gasteiger partial charge on any atom is 0.338 e. The summed E-state index contributed by atoms with van der Waals surface area (Å²) in [6.45, 7) is 0. The van der Waals surface area contributed by atoms with Crippen LogP contribution in [0.5, 0.6) is 0 Å². The van der Waals surface area contributed by atoms with Crippen LogP contribution in [0.4, 0.5) is 0 Å². The highest BCUT2D eigenvalue weighted by atomic mass is 16.5. The van der Waals surface area contributed by atoms with Crippen molar-refractivity contribution in [2.75, 3.05) is 7.11 Å². The summed E-state index contributed by atoms with van der Waals surface area (Å²) in [5.41, 5.74) is 1.43. The SMILES string of the molecule is COC(=O)c1ccccc1C12CCCC(CC1)O2. The second-order valence-electron chi connectivity index (χ2n) is 5.20. The van der Waals surface area contributed by atoms with Crippen LogP contribution in [-0.4, -0.2) is 19.2 Å². The van der Waals surface area contributed by atoms with Crippen LogP contribution in [-0.2, 0) is 15.1 Å². The van der Waals surface area contributed by atoms with Gasteiger partial charge in [0.25, 0.3) is 0 Å². The Morgan fingerprint density at radius 3 is 3.00 bits per heavy atom. The molecule has 0 aliphatic carbocycles. The maximum atomic E-state index is 11.9. The van der Waals surface area contributed by atoms with Gasteiger partial charge in [-0.1, -0.05) is 18.2 Å². The van der Waals surface area contributed by atoms with Gasteiger partial charge in [0.1, 0.15) is 0 Å². The molecule has 0 saturated carbocycles. The van der Waals surface area contributed by atoms with Gasteiger partial charge in [0.05, 0.1) is 24.4 Å². The van der Waals surface area contributed by atoms with Gasteiger partial charge in [0, 0.05) is 0 Å². The number of methoxy groups -OCH3 is 1. The lowest BCUT2D eigenvalue weighted by Crippen LogP contribution is -2.32. The molecular weight excluding hydrogens is 228 g/mol. The molecule has 2 bridgehead atoms. The lowest BCUT2D eigenvalue weighted by Gasteiger charge is -2.35. The molecule has 0 aromatic heterocycles. The summed E-state index contributed by atoms with van der Waals surface area (Å²) in [6, 6.07) is 7.70. The van der Waals surface area contributed by atoms with Crippen LogP contribution >= 0.6 is 0 Å². The predicted molar refractivity (Wildman–Crippen MR) is 67.4 cm³/mol. The minimum absolute atomic E-state index is 0.242. The molecule has 96 valence electrons. The Balaban J connectivity index is 2.04. The normalized spacial score (nSPS) is 30.2. The van der Waals surface area contributed by atoms with E-state index in [2.05, 4.69) is 0 Å². The van der Waals surface area contributed by atoms with E-state index in [0.29, 0.717) is 11.7 Å². The van der Waals surface area contributed by atoms with Gasteiger partial charge in [-0.15, -0.1) is 0 Å². The van der Waals surface area contributed by atoms with Crippen molar-refractivity contribution in [1.82, 2.24) is 0 Å². The second-order valence-corrected chi connectivity index (χ2v) is 5.20. The molecule has 2 saturated heterocycles. The largest absolute Gasteiger partial charge is 0.465 e. The first-order chi connectivity index (χ1) is 8.75. The molecule has 1 aromatic carbocycles. The molecule has 0 radical (unpaired) electrons. The van der Waals surface area contributed by atoms with Crippen molar-refractivity contribution in [1.29, 1.82) is 0 Å². The first-order valence-electron chi connectivity index (χ1n) is 6.61. The molecule has 2 heterocycles. The van der Waals surface area contributed by atoms with Crippen molar-refractivity contribution in [3.8, 4) is 0 Å². The van der Waals surface area contributed by atoms with Gasteiger partial charge in [-0.3, -0.25) is 0 Å². The monoisotopic (exact) mass is 246 g/mol. The molecule has 1 aromatic rings. The molecule has 0 amide bonds. The summed E-state index contributed by atoms with van der Waals surface area (Å²) in [5, 5.41) is 0.